The minimum Gasteiger partial charge on any atom is -0.468 e. The van der Waals surface area contributed by atoms with Crippen molar-refractivity contribution in [3.8, 4) is 0 Å². The maximum Gasteiger partial charge on any atom is 0.325 e. The fourth-order valence-electron chi connectivity index (χ4n) is 0.877. The molecule has 0 radical (unpaired) electrons. The Balaban J connectivity index is 2.63. The fraction of sp³-hybridized carbons (Fsp3) is 0.667. The summed E-state index contributed by atoms with van der Waals surface area (Å²) in [6.45, 7) is 0.130. The van der Waals surface area contributed by atoms with Crippen molar-refractivity contribution in [3.63, 3.8) is 0 Å². The molecule has 0 atom stereocenters. The van der Waals surface area contributed by atoms with E-state index in [1.807, 2.05) is 0 Å². The van der Waals surface area contributed by atoms with Gasteiger partial charge in [0.15, 0.2) is 0 Å². The summed E-state index contributed by atoms with van der Waals surface area (Å²) in [7, 11) is 4.75. The number of tetrazole rings is 1. The van der Waals surface area contributed by atoms with Crippen LogP contribution >= 0.6 is 0 Å². The van der Waals surface area contributed by atoms with Crippen molar-refractivity contribution < 1.29 is 9.53 Å². The zero-order valence-corrected chi connectivity index (χ0v) is 7.76. The average molecular weight is 185 g/mol. The molecule has 0 aromatic carbocycles. The molecule has 0 fully saturated rings. The van der Waals surface area contributed by atoms with Gasteiger partial charge in [0, 0.05) is 14.1 Å². The Kier molecular flexibility index (Phi) is 2.78. The number of ether oxygens (including phenoxy) is 1. The summed E-state index contributed by atoms with van der Waals surface area (Å²) in [4.78, 5) is 12.5. The van der Waals surface area contributed by atoms with Crippen LogP contribution in [0.4, 0.5) is 5.95 Å². The zero-order chi connectivity index (χ0) is 9.84. The van der Waals surface area contributed by atoms with Crippen LogP contribution in [0.2, 0.25) is 0 Å². The second-order valence-electron chi connectivity index (χ2n) is 2.53. The Hall–Kier alpha value is -1.66. The van der Waals surface area contributed by atoms with E-state index in [0.717, 1.165) is 0 Å². The third-order valence-corrected chi connectivity index (χ3v) is 1.53. The molecule has 0 bridgehead atoms. The largest absolute Gasteiger partial charge is 0.468 e. The molecular weight excluding hydrogens is 174 g/mol. The predicted octanol–water partition coefficient (Wildman–Crippen LogP) is -1.18. The Morgan fingerprint density at radius 3 is 2.85 bits per heavy atom. The monoisotopic (exact) mass is 185 g/mol. The van der Waals surface area contributed by atoms with Gasteiger partial charge in [0.25, 0.3) is 0 Å². The van der Waals surface area contributed by atoms with Crippen LogP contribution in [0.25, 0.3) is 0 Å². The molecule has 13 heavy (non-hydrogen) atoms. The van der Waals surface area contributed by atoms with Crippen LogP contribution in [0.1, 0.15) is 0 Å². The van der Waals surface area contributed by atoms with Gasteiger partial charge in [-0.3, -0.25) is 4.79 Å². The first-order valence-electron chi connectivity index (χ1n) is 3.65. The highest BCUT2D eigenvalue weighted by Gasteiger charge is 2.11. The van der Waals surface area contributed by atoms with Crippen LogP contribution in [0.5, 0.6) is 0 Å². The fourth-order valence-corrected chi connectivity index (χ4v) is 0.877. The zero-order valence-electron chi connectivity index (χ0n) is 7.76. The van der Waals surface area contributed by atoms with E-state index in [-0.39, 0.29) is 12.5 Å². The number of aromatic nitrogens is 4. The normalized spacial score (nSPS) is 9.77. The minimum atomic E-state index is -0.328. The molecule has 0 amide bonds. The van der Waals surface area contributed by atoms with Gasteiger partial charge in [-0.25, -0.2) is 4.68 Å². The minimum absolute atomic E-state index is 0.130. The number of anilines is 1. The second kappa shape index (κ2) is 3.83. The lowest BCUT2D eigenvalue weighted by atomic mass is 10.6. The number of esters is 1. The summed E-state index contributed by atoms with van der Waals surface area (Å²) in [5.74, 6) is 0.191. The van der Waals surface area contributed by atoms with Crippen LogP contribution in [0, 0.1) is 0 Å². The molecule has 0 saturated heterocycles. The van der Waals surface area contributed by atoms with E-state index in [0.29, 0.717) is 5.95 Å². The van der Waals surface area contributed by atoms with Crippen molar-refractivity contribution >= 4 is 11.9 Å². The van der Waals surface area contributed by atoms with E-state index < -0.39 is 0 Å². The number of carbonyl (C=O) groups is 1. The molecule has 7 nitrogen and oxygen atoms in total. The lowest BCUT2D eigenvalue weighted by Gasteiger charge is -2.13. The molecule has 1 aromatic rings. The van der Waals surface area contributed by atoms with Crippen molar-refractivity contribution in [1.82, 2.24) is 20.2 Å². The molecule has 0 aliphatic carbocycles. The van der Waals surface area contributed by atoms with Gasteiger partial charge in [0.2, 0.25) is 5.95 Å². The molecule has 1 heterocycles. The van der Waals surface area contributed by atoms with Crippen molar-refractivity contribution in [1.29, 1.82) is 0 Å². The number of methoxy groups -OCH3 is 1. The van der Waals surface area contributed by atoms with E-state index in [2.05, 4.69) is 20.3 Å². The quantitative estimate of drug-likeness (QED) is 0.552. The van der Waals surface area contributed by atoms with Gasteiger partial charge in [-0.2, -0.15) is 0 Å². The number of carbonyl (C=O) groups excluding carboxylic acids is 1. The van der Waals surface area contributed by atoms with Crippen molar-refractivity contribution in [2.24, 2.45) is 7.05 Å². The number of likely N-dealkylation sites (N-methyl/N-ethyl adjacent to an activating group) is 1. The summed E-state index contributed by atoms with van der Waals surface area (Å²) in [5, 5.41) is 10.8. The lowest BCUT2D eigenvalue weighted by Crippen LogP contribution is -2.28. The van der Waals surface area contributed by atoms with E-state index in [1.54, 1.807) is 19.0 Å². The highest BCUT2D eigenvalue weighted by Crippen LogP contribution is 2.02. The van der Waals surface area contributed by atoms with Crippen molar-refractivity contribution in [2.75, 3.05) is 25.6 Å². The molecule has 0 aliphatic rings. The van der Waals surface area contributed by atoms with Crippen LogP contribution < -0.4 is 4.90 Å². The molecule has 0 spiro atoms. The molecule has 1 aromatic heterocycles. The molecule has 0 unspecified atom stereocenters. The van der Waals surface area contributed by atoms with Gasteiger partial charge in [-0.05, 0) is 10.4 Å². The predicted molar refractivity (Wildman–Crippen MR) is 44.1 cm³/mol. The molecule has 7 heteroatoms. The van der Waals surface area contributed by atoms with Crippen LogP contribution in [0.3, 0.4) is 0 Å². The molecule has 0 saturated carbocycles. The molecule has 0 N–H and O–H groups in total. The number of nitrogens with zero attached hydrogens (tertiary/aromatic N) is 5. The SMILES string of the molecule is COC(=O)CN(C)c1nnnn1C. The van der Waals surface area contributed by atoms with Crippen LogP contribution in [0.15, 0.2) is 0 Å². The van der Waals surface area contributed by atoms with Gasteiger partial charge in [0.1, 0.15) is 6.54 Å². The topological polar surface area (TPSA) is 73.1 Å². The van der Waals surface area contributed by atoms with Gasteiger partial charge in [-0.15, -0.1) is 0 Å². The van der Waals surface area contributed by atoms with Crippen molar-refractivity contribution in [2.45, 2.75) is 0 Å². The maximum absolute atomic E-state index is 10.9. The molecule has 0 aliphatic heterocycles. The third-order valence-electron chi connectivity index (χ3n) is 1.53. The van der Waals surface area contributed by atoms with Crippen LogP contribution in [-0.2, 0) is 16.6 Å². The first-order valence-corrected chi connectivity index (χ1v) is 3.65. The van der Waals surface area contributed by atoms with Gasteiger partial charge < -0.3 is 9.64 Å². The third kappa shape index (κ3) is 2.14. The van der Waals surface area contributed by atoms with E-state index in [9.17, 15) is 4.79 Å². The standard InChI is InChI=1S/C6H11N5O2/c1-10(4-5(12)13-3)6-7-8-9-11(6)2/h4H2,1-3H3. The van der Waals surface area contributed by atoms with Gasteiger partial charge in [0.05, 0.1) is 7.11 Å². The second-order valence-corrected chi connectivity index (χ2v) is 2.53. The first kappa shape index (κ1) is 9.43. The first-order chi connectivity index (χ1) is 6.15. The van der Waals surface area contributed by atoms with Crippen LogP contribution in [-0.4, -0.2) is 46.9 Å². The van der Waals surface area contributed by atoms with E-state index in [4.69, 9.17) is 0 Å². The average Bonchev–Trinajstić information content (AvgIpc) is 2.51. The smallest absolute Gasteiger partial charge is 0.325 e. The number of rotatable bonds is 3. The maximum atomic E-state index is 10.9. The Bertz CT molecular complexity index is 297. The molecule has 1 rings (SSSR count). The summed E-state index contributed by atoms with van der Waals surface area (Å²) in [5.41, 5.74) is 0. The number of hydrogen-bond acceptors (Lipinski definition) is 6. The van der Waals surface area contributed by atoms with Crippen molar-refractivity contribution in [3.05, 3.63) is 0 Å². The molecular formula is C6H11N5O2. The number of hydrogen-bond donors (Lipinski definition) is 0. The Morgan fingerprint density at radius 1 is 1.69 bits per heavy atom. The van der Waals surface area contributed by atoms with E-state index >= 15 is 0 Å². The van der Waals surface area contributed by atoms with Gasteiger partial charge >= 0.3 is 5.97 Å². The summed E-state index contributed by atoms with van der Waals surface area (Å²) in [6.07, 6.45) is 0. The lowest BCUT2D eigenvalue weighted by molar-refractivity contribution is -0.138. The van der Waals surface area contributed by atoms with Gasteiger partial charge in [-0.1, -0.05) is 5.10 Å². The highest BCUT2D eigenvalue weighted by molar-refractivity contribution is 5.74. The highest BCUT2D eigenvalue weighted by atomic mass is 16.5. The number of aryl methyl sites for hydroxylation is 1. The summed E-state index contributed by atoms with van der Waals surface area (Å²) in [6, 6.07) is 0. The molecule has 72 valence electrons. The summed E-state index contributed by atoms with van der Waals surface area (Å²) < 4.78 is 5.98. The summed E-state index contributed by atoms with van der Waals surface area (Å²) >= 11 is 0. The van der Waals surface area contributed by atoms with E-state index in [1.165, 1.54) is 11.8 Å². The Morgan fingerprint density at radius 2 is 2.38 bits per heavy atom. The Labute approximate surface area is 75.3 Å².